The van der Waals surface area contributed by atoms with E-state index in [1.54, 1.807) is 13.2 Å². The lowest BCUT2D eigenvalue weighted by molar-refractivity contribution is 0.414. The van der Waals surface area contributed by atoms with Gasteiger partial charge in [-0.05, 0) is 83.5 Å². The van der Waals surface area contributed by atoms with E-state index in [-0.39, 0.29) is 0 Å². The molecule has 0 aliphatic heterocycles. The number of fused-ring (bicyclic) bond motifs is 2. The summed E-state index contributed by atoms with van der Waals surface area (Å²) in [6.45, 7) is 2.12. The lowest BCUT2D eigenvalue weighted by Crippen LogP contribution is -2.09. The van der Waals surface area contributed by atoms with E-state index in [0.29, 0.717) is 5.69 Å². The molecule has 0 spiro atoms. The third-order valence-electron chi connectivity index (χ3n) is 5.32. The zero-order chi connectivity index (χ0) is 21.3. The first kappa shape index (κ1) is 20.2. The number of sulfonamides is 1. The van der Waals surface area contributed by atoms with Crippen LogP contribution in [-0.2, 0) is 22.9 Å². The quantitative estimate of drug-likeness (QED) is 0.643. The lowest BCUT2D eigenvalue weighted by atomic mass is 9.91. The van der Waals surface area contributed by atoms with Crippen molar-refractivity contribution in [2.45, 2.75) is 19.8 Å². The van der Waals surface area contributed by atoms with Gasteiger partial charge in [-0.3, -0.25) is 4.72 Å². The number of methoxy groups -OCH3 is 1. The molecular weight excluding hydrogens is 394 g/mol. The molecule has 0 atom stereocenters. The number of anilines is 1. The maximum Gasteiger partial charge on any atom is 0.229 e. The molecule has 0 bridgehead atoms. The van der Waals surface area contributed by atoms with Crippen LogP contribution < -0.4 is 9.46 Å². The highest BCUT2D eigenvalue weighted by Crippen LogP contribution is 2.37. The van der Waals surface area contributed by atoms with Gasteiger partial charge in [0.25, 0.3) is 0 Å². The van der Waals surface area contributed by atoms with Gasteiger partial charge in [-0.1, -0.05) is 42.0 Å². The van der Waals surface area contributed by atoms with E-state index in [4.69, 9.17) is 4.74 Å². The Morgan fingerprint density at radius 1 is 0.933 bits per heavy atom. The summed E-state index contributed by atoms with van der Waals surface area (Å²) in [6.07, 6.45) is 5.20. The van der Waals surface area contributed by atoms with Gasteiger partial charge in [0, 0.05) is 5.69 Å². The van der Waals surface area contributed by atoms with E-state index in [1.165, 1.54) is 27.8 Å². The van der Waals surface area contributed by atoms with E-state index in [2.05, 4.69) is 48.1 Å². The zero-order valence-corrected chi connectivity index (χ0v) is 18.2. The van der Waals surface area contributed by atoms with Crippen molar-refractivity contribution in [1.29, 1.82) is 0 Å². The number of ether oxygens (including phenoxy) is 1. The van der Waals surface area contributed by atoms with E-state index >= 15 is 0 Å². The minimum absolute atomic E-state index is 0.555. The van der Waals surface area contributed by atoms with Gasteiger partial charge in [-0.2, -0.15) is 0 Å². The molecule has 4 nitrogen and oxygen atoms in total. The fourth-order valence-corrected chi connectivity index (χ4v) is 4.56. The Morgan fingerprint density at radius 2 is 1.63 bits per heavy atom. The summed E-state index contributed by atoms with van der Waals surface area (Å²) in [4.78, 5) is 0. The minimum atomic E-state index is -3.33. The van der Waals surface area contributed by atoms with Crippen molar-refractivity contribution in [3.8, 4) is 5.75 Å². The topological polar surface area (TPSA) is 55.4 Å². The van der Waals surface area contributed by atoms with E-state index in [1.807, 2.05) is 24.3 Å². The molecule has 3 aromatic carbocycles. The highest BCUT2D eigenvalue weighted by molar-refractivity contribution is 7.92. The average Bonchev–Trinajstić information content (AvgIpc) is 2.83. The number of rotatable bonds is 4. The molecule has 4 rings (SSSR count). The summed E-state index contributed by atoms with van der Waals surface area (Å²) in [5.74, 6) is 0.856. The Kier molecular flexibility index (Phi) is 5.39. The highest BCUT2D eigenvalue weighted by Gasteiger charge is 2.19. The first-order chi connectivity index (χ1) is 14.3. The van der Waals surface area contributed by atoms with Crippen molar-refractivity contribution in [2.75, 3.05) is 18.1 Å². The first-order valence-corrected chi connectivity index (χ1v) is 11.8. The molecule has 1 aliphatic rings. The van der Waals surface area contributed by atoms with Crippen LogP contribution in [0.4, 0.5) is 5.69 Å². The fraction of sp³-hybridized carbons (Fsp3) is 0.200. The van der Waals surface area contributed by atoms with Crippen LogP contribution in [0.25, 0.3) is 11.6 Å². The average molecular weight is 420 g/mol. The molecular formula is C25H25NO3S. The van der Waals surface area contributed by atoms with E-state index in [9.17, 15) is 8.42 Å². The monoisotopic (exact) mass is 419 g/mol. The molecule has 30 heavy (non-hydrogen) atoms. The van der Waals surface area contributed by atoms with Crippen LogP contribution in [0.2, 0.25) is 0 Å². The van der Waals surface area contributed by atoms with Gasteiger partial charge in [-0.25, -0.2) is 8.42 Å². The van der Waals surface area contributed by atoms with Crippen molar-refractivity contribution in [2.24, 2.45) is 0 Å². The van der Waals surface area contributed by atoms with Gasteiger partial charge in [0.2, 0.25) is 10.0 Å². The molecule has 0 heterocycles. The van der Waals surface area contributed by atoms with Gasteiger partial charge < -0.3 is 4.74 Å². The highest BCUT2D eigenvalue weighted by atomic mass is 32.2. The van der Waals surface area contributed by atoms with Crippen LogP contribution in [0.5, 0.6) is 5.75 Å². The van der Waals surface area contributed by atoms with Crippen LogP contribution in [0, 0.1) is 6.92 Å². The number of hydrogen-bond acceptors (Lipinski definition) is 3. The van der Waals surface area contributed by atoms with Gasteiger partial charge in [0.1, 0.15) is 5.75 Å². The third-order valence-corrected chi connectivity index (χ3v) is 5.92. The van der Waals surface area contributed by atoms with E-state index in [0.717, 1.165) is 36.0 Å². The predicted octanol–water partition coefficient (Wildman–Crippen LogP) is 5.06. The largest absolute Gasteiger partial charge is 0.497 e. The second-order valence-electron chi connectivity index (χ2n) is 7.74. The summed E-state index contributed by atoms with van der Waals surface area (Å²) in [5, 5.41) is 0. The van der Waals surface area contributed by atoms with Crippen LogP contribution in [0.3, 0.4) is 0 Å². The number of hydrogen-bond donors (Lipinski definition) is 1. The maximum absolute atomic E-state index is 11.6. The molecule has 3 aromatic rings. The number of nitrogens with one attached hydrogen (secondary N) is 1. The van der Waals surface area contributed by atoms with E-state index < -0.39 is 10.0 Å². The molecule has 154 valence electrons. The van der Waals surface area contributed by atoms with Crippen LogP contribution in [0.1, 0.15) is 33.4 Å². The van der Waals surface area contributed by atoms with Crippen LogP contribution in [0.15, 0.2) is 60.7 Å². The summed E-state index contributed by atoms with van der Waals surface area (Å²) in [7, 11) is -1.64. The van der Waals surface area contributed by atoms with Crippen LogP contribution in [-0.4, -0.2) is 21.8 Å². The van der Waals surface area contributed by atoms with Crippen molar-refractivity contribution in [3.63, 3.8) is 0 Å². The second-order valence-corrected chi connectivity index (χ2v) is 9.49. The Labute approximate surface area is 178 Å². The molecule has 0 unspecified atom stereocenters. The lowest BCUT2D eigenvalue weighted by Gasteiger charge is -2.14. The molecule has 0 amide bonds. The number of benzene rings is 3. The number of aryl methyl sites for hydroxylation is 3. The van der Waals surface area contributed by atoms with Gasteiger partial charge in [-0.15, -0.1) is 0 Å². The van der Waals surface area contributed by atoms with Gasteiger partial charge >= 0.3 is 0 Å². The molecule has 0 saturated heterocycles. The van der Waals surface area contributed by atoms with Gasteiger partial charge in [0.05, 0.1) is 13.4 Å². The SMILES string of the molecule is COc1ccc2c(c1)CCc1cc(C)ccc1/C2=C\c1cccc(NS(C)(=O)=O)c1. The zero-order valence-electron chi connectivity index (χ0n) is 17.4. The predicted molar refractivity (Wildman–Crippen MR) is 123 cm³/mol. The molecule has 0 fully saturated rings. The first-order valence-electron chi connectivity index (χ1n) is 9.89. The minimum Gasteiger partial charge on any atom is -0.497 e. The Morgan fingerprint density at radius 3 is 2.33 bits per heavy atom. The maximum atomic E-state index is 11.6. The molecule has 1 N–H and O–H groups in total. The van der Waals surface area contributed by atoms with Crippen molar-refractivity contribution in [3.05, 3.63) is 94.0 Å². The Hall–Kier alpha value is -3.05. The molecule has 0 radical (unpaired) electrons. The molecule has 0 saturated carbocycles. The van der Waals surface area contributed by atoms with Crippen LogP contribution >= 0.6 is 0 Å². The van der Waals surface area contributed by atoms with Crippen molar-refractivity contribution in [1.82, 2.24) is 0 Å². The smallest absolute Gasteiger partial charge is 0.229 e. The Bertz CT molecular complexity index is 1240. The van der Waals surface area contributed by atoms with Gasteiger partial charge in [0.15, 0.2) is 0 Å². The molecule has 0 aromatic heterocycles. The summed E-state index contributed by atoms with van der Waals surface area (Å²) < 4.78 is 31.3. The fourth-order valence-electron chi connectivity index (χ4n) is 4.00. The Balaban J connectivity index is 1.89. The summed E-state index contributed by atoms with van der Waals surface area (Å²) in [6, 6.07) is 20.3. The standard InChI is InChI=1S/C25H25NO3S/c1-17-7-11-23-19(13-17)8-9-20-16-22(29-2)10-12-24(20)25(23)15-18-5-4-6-21(14-18)26-30(3,27)28/h4-7,10-16,26H,8-9H2,1-3H3/b25-15+. The molecule has 5 heteroatoms. The summed E-state index contributed by atoms with van der Waals surface area (Å²) in [5.41, 5.74) is 8.84. The normalized spacial score (nSPS) is 14.6. The third kappa shape index (κ3) is 4.41. The molecule has 1 aliphatic carbocycles. The van der Waals surface area contributed by atoms with Crippen molar-refractivity contribution < 1.29 is 13.2 Å². The van der Waals surface area contributed by atoms with Crippen molar-refractivity contribution >= 4 is 27.4 Å². The second kappa shape index (κ2) is 8.00. The summed E-state index contributed by atoms with van der Waals surface area (Å²) >= 11 is 0.